The van der Waals surface area contributed by atoms with E-state index < -0.39 is 0 Å². The van der Waals surface area contributed by atoms with Crippen molar-refractivity contribution in [3.05, 3.63) is 60.7 Å². The summed E-state index contributed by atoms with van der Waals surface area (Å²) in [6.07, 6.45) is 0. The molecule has 0 spiro atoms. The molecule has 0 saturated heterocycles. The standard InChI is InChI=1S/C39H10B14N4O/c40-18-15-16-21(43)27(49)34(57-32-13(19(41)23(45)25(47)28(32)50)14-20(42)24(46)26(48)29(51)33(14)57)31(53)36(16)58-35(15)30(52)22(44)17(18)39-55-37(11-7-3-1-4-8-11)54-38(56-39)12-9-5-2-6-10-12/h1-10H. The molecule has 3 aromatic heterocycles. The van der Waals surface area contributed by atoms with Crippen molar-refractivity contribution in [3.8, 4) is 39.9 Å². The Morgan fingerprint density at radius 3 is 1.22 bits per heavy atom. The van der Waals surface area contributed by atoms with Gasteiger partial charge >= 0.3 is 0 Å². The van der Waals surface area contributed by atoms with E-state index in [-0.39, 0.29) is 137 Å². The van der Waals surface area contributed by atoms with Crippen molar-refractivity contribution >= 4 is 230 Å². The van der Waals surface area contributed by atoms with Crippen molar-refractivity contribution in [2.45, 2.75) is 0 Å². The third kappa shape index (κ3) is 5.27. The number of benzene rings is 6. The van der Waals surface area contributed by atoms with E-state index in [9.17, 15) is 0 Å². The number of fused-ring (bicyclic) bond motifs is 6. The lowest BCUT2D eigenvalue weighted by atomic mass is 9.63. The van der Waals surface area contributed by atoms with Crippen LogP contribution >= 0.6 is 0 Å². The van der Waals surface area contributed by atoms with Crippen LogP contribution in [0.25, 0.3) is 83.6 Å². The Morgan fingerprint density at radius 1 is 0.345 bits per heavy atom. The summed E-state index contributed by atoms with van der Waals surface area (Å²) in [5.41, 5.74) is 2.33. The lowest BCUT2D eigenvalue weighted by Gasteiger charge is -2.23. The number of nitrogens with zero attached hydrogens (tertiary/aromatic N) is 4. The second kappa shape index (κ2) is 13.7. The largest absolute Gasteiger partial charge is 0.457 e. The van der Waals surface area contributed by atoms with Gasteiger partial charge in [-0.15, -0.1) is 21.9 Å². The average Bonchev–Trinajstić information content (AvgIpc) is 3.81. The Bertz CT molecular complexity index is 3140. The Hall–Kier alpha value is -5.16. The fraction of sp³-hybridized carbons (Fsp3) is 0. The molecule has 0 aliphatic carbocycles. The summed E-state index contributed by atoms with van der Waals surface area (Å²) in [5.74, 6) is 0.877. The average molecular weight is 702 g/mol. The van der Waals surface area contributed by atoms with Crippen LogP contribution in [-0.2, 0) is 0 Å². The van der Waals surface area contributed by atoms with Gasteiger partial charge < -0.3 is 8.98 Å². The van der Waals surface area contributed by atoms with Gasteiger partial charge in [-0.05, 0) is 16.2 Å². The molecule has 0 aliphatic heterocycles. The minimum absolute atomic E-state index is 0.00363. The zero-order valence-corrected chi connectivity index (χ0v) is 30.6. The van der Waals surface area contributed by atoms with Crippen LogP contribution in [-0.4, -0.2) is 129 Å². The first kappa shape index (κ1) is 38.4. The number of rotatable bonds is 4. The van der Waals surface area contributed by atoms with Crippen molar-refractivity contribution in [2.24, 2.45) is 0 Å². The van der Waals surface area contributed by atoms with Crippen molar-refractivity contribution in [1.82, 2.24) is 19.5 Å². The van der Waals surface area contributed by atoms with E-state index in [1.54, 1.807) is 0 Å². The molecular formula is C39H10B14N4O. The van der Waals surface area contributed by atoms with E-state index in [1.807, 2.05) is 60.7 Å². The van der Waals surface area contributed by atoms with Gasteiger partial charge in [0.05, 0.1) is 0 Å². The second-order valence-corrected chi connectivity index (χ2v) is 13.8. The number of aromatic nitrogens is 4. The SMILES string of the molecule is [B]c1c(-c2nc(-c3ccccc3)nc(-c3ccccc3)n2)c([B])c2c(oc3c([B])c(-n4c5c([B])c([B])c([B])c([B])c5c5c([B])c([B])c([B])c([B])c54)c([B])c([B])c32)c1[B]. The minimum atomic E-state index is -0.0533. The van der Waals surface area contributed by atoms with Crippen molar-refractivity contribution in [2.75, 3.05) is 0 Å². The van der Waals surface area contributed by atoms with Crippen LogP contribution in [0.1, 0.15) is 0 Å². The molecule has 0 fully saturated rings. The van der Waals surface area contributed by atoms with Gasteiger partial charge in [-0.25, -0.2) is 15.0 Å². The number of furan rings is 1. The highest BCUT2D eigenvalue weighted by molar-refractivity contribution is 6.72. The molecule has 6 aromatic carbocycles. The van der Waals surface area contributed by atoms with E-state index in [2.05, 4.69) is 0 Å². The van der Waals surface area contributed by atoms with Crippen LogP contribution < -0.4 is 76.5 Å². The summed E-state index contributed by atoms with van der Waals surface area (Å²) < 4.78 is 7.94. The first-order valence-electron chi connectivity index (χ1n) is 17.5. The molecule has 9 rings (SSSR count). The molecule has 58 heavy (non-hydrogen) atoms. The third-order valence-electron chi connectivity index (χ3n) is 10.7. The Balaban J connectivity index is 1.40. The topological polar surface area (TPSA) is 56.7 Å². The predicted molar refractivity (Wildman–Crippen MR) is 253 cm³/mol. The molecule has 234 valence electrons. The third-order valence-corrected chi connectivity index (χ3v) is 10.7. The molecule has 0 atom stereocenters. The van der Waals surface area contributed by atoms with Crippen LogP contribution in [0.4, 0.5) is 0 Å². The summed E-state index contributed by atoms with van der Waals surface area (Å²) >= 11 is 0. The molecule has 0 N–H and O–H groups in total. The summed E-state index contributed by atoms with van der Waals surface area (Å²) in [5, 5.41) is 1.02. The maximum absolute atomic E-state index is 7.04. The predicted octanol–water partition coefficient (Wildman–Crippen LogP) is -7.02. The molecule has 5 nitrogen and oxygen atoms in total. The lowest BCUT2D eigenvalue weighted by Crippen LogP contribution is -2.49. The maximum atomic E-state index is 7.04. The highest BCUT2D eigenvalue weighted by Crippen LogP contribution is 2.31. The van der Waals surface area contributed by atoms with E-state index >= 15 is 0 Å². The number of hydrogen-bond donors (Lipinski definition) is 0. The zero-order valence-electron chi connectivity index (χ0n) is 30.6. The zero-order chi connectivity index (χ0) is 41.2. The molecule has 0 amide bonds. The molecular weight excluding hydrogens is 692 g/mol. The number of hydrogen-bond acceptors (Lipinski definition) is 4. The van der Waals surface area contributed by atoms with Crippen LogP contribution in [0.3, 0.4) is 0 Å². The highest BCUT2D eigenvalue weighted by atomic mass is 16.3. The molecule has 0 unspecified atom stereocenters. The monoisotopic (exact) mass is 704 g/mol. The first-order valence-corrected chi connectivity index (χ1v) is 17.5. The molecule has 28 radical (unpaired) electrons. The van der Waals surface area contributed by atoms with Crippen LogP contribution in [0.15, 0.2) is 65.1 Å². The van der Waals surface area contributed by atoms with Gasteiger partial charge in [0, 0.05) is 44.2 Å². The quantitative estimate of drug-likeness (QED) is 0.172. The Morgan fingerprint density at radius 2 is 0.741 bits per heavy atom. The van der Waals surface area contributed by atoms with Gasteiger partial charge in [0.25, 0.3) is 0 Å². The minimum Gasteiger partial charge on any atom is -0.457 e. The van der Waals surface area contributed by atoms with Crippen molar-refractivity contribution in [1.29, 1.82) is 0 Å². The molecule has 3 heterocycles. The first-order chi connectivity index (χ1) is 27.6. The van der Waals surface area contributed by atoms with Gasteiger partial charge in [0.2, 0.25) is 0 Å². The summed E-state index contributed by atoms with van der Waals surface area (Å²) in [6.45, 7) is 0. The Labute approximate surface area is 352 Å². The highest BCUT2D eigenvalue weighted by Gasteiger charge is 2.28. The molecule has 0 aliphatic rings. The second-order valence-electron chi connectivity index (χ2n) is 13.8. The van der Waals surface area contributed by atoms with Gasteiger partial charge in [-0.2, -0.15) is 0 Å². The van der Waals surface area contributed by atoms with Gasteiger partial charge in [0.1, 0.15) is 121 Å². The van der Waals surface area contributed by atoms with Crippen LogP contribution in [0.5, 0.6) is 0 Å². The summed E-state index contributed by atoms with van der Waals surface area (Å²) in [7, 11) is 93.5. The lowest BCUT2D eigenvalue weighted by molar-refractivity contribution is 0.674. The molecule has 0 bridgehead atoms. The summed E-state index contributed by atoms with van der Waals surface area (Å²) in [6, 6.07) is 18.8. The van der Waals surface area contributed by atoms with Crippen molar-refractivity contribution in [3.63, 3.8) is 0 Å². The van der Waals surface area contributed by atoms with Gasteiger partial charge in [-0.1, -0.05) is 110 Å². The van der Waals surface area contributed by atoms with Gasteiger partial charge in [-0.3, -0.25) is 0 Å². The van der Waals surface area contributed by atoms with Crippen LogP contribution in [0, 0.1) is 0 Å². The fourth-order valence-corrected chi connectivity index (χ4v) is 7.70. The molecule has 19 heteroatoms. The van der Waals surface area contributed by atoms with Crippen LogP contribution in [0.2, 0.25) is 0 Å². The van der Waals surface area contributed by atoms with E-state index in [1.165, 1.54) is 4.57 Å². The van der Waals surface area contributed by atoms with E-state index in [4.69, 9.17) is 129 Å². The van der Waals surface area contributed by atoms with E-state index in [0.29, 0.717) is 11.6 Å². The Kier molecular flexibility index (Phi) is 9.07. The van der Waals surface area contributed by atoms with Crippen molar-refractivity contribution < 1.29 is 4.42 Å². The maximum Gasteiger partial charge on any atom is 0.164 e. The smallest absolute Gasteiger partial charge is 0.164 e. The van der Waals surface area contributed by atoms with E-state index in [0.717, 1.165) is 11.1 Å². The molecule has 0 saturated carbocycles. The summed E-state index contributed by atoms with van der Waals surface area (Å²) in [4.78, 5) is 14.4. The normalized spacial score (nSPS) is 11.7. The fourth-order valence-electron chi connectivity index (χ4n) is 7.70. The molecule has 9 aromatic rings. The van der Waals surface area contributed by atoms with Gasteiger partial charge in [0.15, 0.2) is 17.5 Å².